The third-order valence-corrected chi connectivity index (χ3v) is 2.82. The van der Waals surface area contributed by atoms with Crippen LogP contribution in [0.3, 0.4) is 0 Å². The van der Waals surface area contributed by atoms with E-state index >= 15 is 0 Å². The van der Waals surface area contributed by atoms with Gasteiger partial charge >= 0.3 is 11.7 Å². The number of carbonyl (C=O) groups excluding carboxylic acids is 1. The van der Waals surface area contributed by atoms with Gasteiger partial charge in [0, 0.05) is 6.07 Å². The number of aromatic nitrogens is 2. The van der Waals surface area contributed by atoms with Crippen molar-refractivity contribution in [1.82, 2.24) is 9.13 Å². The van der Waals surface area contributed by atoms with Gasteiger partial charge in [-0.2, -0.15) is 0 Å². The Labute approximate surface area is 120 Å². The van der Waals surface area contributed by atoms with Crippen LogP contribution in [0.2, 0.25) is 0 Å². The number of nitrogens with zero attached hydrogens (tertiary/aromatic N) is 2. The average Bonchev–Trinajstić information content (AvgIpc) is 2.45. The number of benzene rings is 1. The highest BCUT2D eigenvalue weighted by Gasteiger charge is 2.14. The highest BCUT2D eigenvalue weighted by atomic mass is 16.5. The van der Waals surface area contributed by atoms with Gasteiger partial charge in [0.25, 0.3) is 5.56 Å². The van der Waals surface area contributed by atoms with Gasteiger partial charge in [-0.25, -0.2) is 13.9 Å². The first kappa shape index (κ1) is 14.6. The van der Waals surface area contributed by atoms with Crippen LogP contribution in [0.5, 0.6) is 0 Å². The zero-order chi connectivity index (χ0) is 15.4. The third-order valence-electron chi connectivity index (χ3n) is 2.82. The smallest absolute Gasteiger partial charge is 0.337 e. The van der Waals surface area contributed by atoms with Crippen molar-refractivity contribution in [1.29, 1.82) is 0 Å². The van der Waals surface area contributed by atoms with Gasteiger partial charge in [-0.1, -0.05) is 18.2 Å². The van der Waals surface area contributed by atoms with Gasteiger partial charge in [-0.15, -0.1) is 0 Å². The molecule has 1 heterocycles. The zero-order valence-corrected chi connectivity index (χ0v) is 11.5. The van der Waals surface area contributed by atoms with E-state index in [4.69, 9.17) is 10.5 Å². The number of carbonyl (C=O) groups is 1. The molecule has 1 aromatic carbocycles. The Morgan fingerprint density at radius 1 is 1.24 bits per heavy atom. The lowest BCUT2D eigenvalue weighted by Crippen LogP contribution is -2.41. The summed E-state index contributed by atoms with van der Waals surface area (Å²) in [6.45, 7) is 1.37. The SMILES string of the molecule is CCOC(=O)Cn1c(=O)cc(N)n(-c2ccccc2)c1=O. The van der Waals surface area contributed by atoms with Crippen LogP contribution in [0, 0.1) is 0 Å². The second kappa shape index (κ2) is 6.08. The first-order valence-electron chi connectivity index (χ1n) is 6.38. The highest BCUT2D eigenvalue weighted by Crippen LogP contribution is 2.07. The van der Waals surface area contributed by atoms with Crippen LogP contribution in [0.15, 0.2) is 46.0 Å². The molecule has 110 valence electrons. The number of hydrogen-bond donors (Lipinski definition) is 1. The van der Waals surface area contributed by atoms with E-state index in [0.29, 0.717) is 5.69 Å². The highest BCUT2D eigenvalue weighted by molar-refractivity contribution is 5.69. The van der Waals surface area contributed by atoms with E-state index < -0.39 is 23.8 Å². The molecule has 0 aliphatic rings. The summed E-state index contributed by atoms with van der Waals surface area (Å²) >= 11 is 0. The molecular weight excluding hydrogens is 274 g/mol. The minimum Gasteiger partial charge on any atom is -0.465 e. The van der Waals surface area contributed by atoms with E-state index in [0.717, 1.165) is 10.6 Å². The molecule has 0 atom stereocenters. The molecule has 2 rings (SSSR count). The Morgan fingerprint density at radius 3 is 2.52 bits per heavy atom. The van der Waals surface area contributed by atoms with Crippen molar-refractivity contribution < 1.29 is 9.53 Å². The normalized spacial score (nSPS) is 10.3. The molecule has 0 fully saturated rings. The maximum atomic E-state index is 12.4. The predicted molar refractivity (Wildman–Crippen MR) is 77.3 cm³/mol. The lowest BCUT2D eigenvalue weighted by atomic mass is 10.3. The summed E-state index contributed by atoms with van der Waals surface area (Å²) in [5.74, 6) is -0.641. The summed E-state index contributed by atoms with van der Waals surface area (Å²) in [7, 11) is 0. The van der Waals surface area contributed by atoms with Crippen LogP contribution >= 0.6 is 0 Å². The first-order chi connectivity index (χ1) is 10.0. The third kappa shape index (κ3) is 3.02. The monoisotopic (exact) mass is 289 g/mol. The van der Waals surface area contributed by atoms with Gasteiger partial charge in [0.05, 0.1) is 12.3 Å². The van der Waals surface area contributed by atoms with Crippen LogP contribution in [-0.4, -0.2) is 21.7 Å². The van der Waals surface area contributed by atoms with E-state index in [-0.39, 0.29) is 12.4 Å². The van der Waals surface area contributed by atoms with E-state index in [1.165, 1.54) is 4.57 Å². The molecule has 0 aliphatic heterocycles. The summed E-state index contributed by atoms with van der Waals surface area (Å²) in [5.41, 5.74) is 4.94. The van der Waals surface area contributed by atoms with Crippen molar-refractivity contribution >= 4 is 11.8 Å². The van der Waals surface area contributed by atoms with Crippen LogP contribution in [0.4, 0.5) is 5.82 Å². The fourth-order valence-corrected chi connectivity index (χ4v) is 1.91. The minimum absolute atomic E-state index is 0.0105. The van der Waals surface area contributed by atoms with E-state index in [2.05, 4.69) is 0 Å². The predicted octanol–water partition coefficient (Wildman–Crippen LogP) is 0.144. The number of ether oxygens (including phenoxy) is 1. The Hall–Kier alpha value is -2.83. The first-order valence-corrected chi connectivity index (χ1v) is 6.38. The molecule has 0 aliphatic carbocycles. The number of nitrogens with two attached hydrogens (primary N) is 1. The standard InChI is InChI=1S/C14H15N3O4/c1-2-21-13(19)9-16-12(18)8-11(15)17(14(16)20)10-6-4-3-5-7-10/h3-8H,2,9,15H2,1H3. The van der Waals surface area contributed by atoms with E-state index in [1.807, 2.05) is 0 Å². The largest absolute Gasteiger partial charge is 0.465 e. The molecule has 1 aromatic heterocycles. The molecule has 0 spiro atoms. The Balaban J connectivity index is 2.56. The molecule has 2 N–H and O–H groups in total. The molecule has 0 saturated heterocycles. The summed E-state index contributed by atoms with van der Waals surface area (Å²) in [6, 6.07) is 9.73. The maximum Gasteiger partial charge on any atom is 0.337 e. The fourth-order valence-electron chi connectivity index (χ4n) is 1.91. The maximum absolute atomic E-state index is 12.4. The van der Waals surface area contributed by atoms with Gasteiger partial charge in [0.15, 0.2) is 0 Å². The topological polar surface area (TPSA) is 96.3 Å². The Kier molecular flexibility index (Phi) is 4.22. The van der Waals surface area contributed by atoms with Crippen molar-refractivity contribution in [3.8, 4) is 5.69 Å². The van der Waals surface area contributed by atoms with Gasteiger partial charge in [0.1, 0.15) is 12.4 Å². The minimum atomic E-state index is -0.681. The quantitative estimate of drug-likeness (QED) is 0.808. The summed E-state index contributed by atoms with van der Waals surface area (Å²) in [4.78, 5) is 35.7. The zero-order valence-electron chi connectivity index (χ0n) is 11.5. The summed E-state index contributed by atoms with van der Waals surface area (Å²) in [5, 5.41) is 0. The number of esters is 1. The van der Waals surface area contributed by atoms with Crippen molar-refractivity contribution in [3.05, 3.63) is 57.2 Å². The number of anilines is 1. The van der Waals surface area contributed by atoms with Gasteiger partial charge in [-0.05, 0) is 19.1 Å². The van der Waals surface area contributed by atoms with Crippen molar-refractivity contribution in [2.24, 2.45) is 0 Å². The van der Waals surface area contributed by atoms with Gasteiger partial charge < -0.3 is 10.5 Å². The van der Waals surface area contributed by atoms with Gasteiger partial charge in [-0.3, -0.25) is 9.59 Å². The molecule has 0 unspecified atom stereocenters. The summed E-state index contributed by atoms with van der Waals surface area (Å²) in [6.07, 6.45) is 0. The van der Waals surface area contributed by atoms with Crippen LogP contribution in [0.25, 0.3) is 5.69 Å². The molecule has 7 heteroatoms. The summed E-state index contributed by atoms with van der Waals surface area (Å²) < 4.78 is 6.71. The van der Waals surface area contributed by atoms with Gasteiger partial charge in [0.2, 0.25) is 0 Å². The Morgan fingerprint density at radius 2 is 1.90 bits per heavy atom. The molecule has 0 amide bonds. The number of hydrogen-bond acceptors (Lipinski definition) is 5. The van der Waals surface area contributed by atoms with Crippen LogP contribution in [-0.2, 0) is 16.1 Å². The molecule has 2 aromatic rings. The van der Waals surface area contributed by atoms with Crippen LogP contribution < -0.4 is 17.0 Å². The van der Waals surface area contributed by atoms with Crippen LogP contribution in [0.1, 0.15) is 6.92 Å². The van der Waals surface area contributed by atoms with E-state index in [9.17, 15) is 14.4 Å². The van der Waals surface area contributed by atoms with Crippen molar-refractivity contribution in [2.75, 3.05) is 12.3 Å². The second-order valence-corrected chi connectivity index (χ2v) is 4.25. The second-order valence-electron chi connectivity index (χ2n) is 4.25. The molecule has 0 saturated carbocycles. The molecule has 7 nitrogen and oxygen atoms in total. The van der Waals surface area contributed by atoms with Crippen molar-refractivity contribution in [2.45, 2.75) is 13.5 Å². The fraction of sp³-hybridized carbons (Fsp3) is 0.214. The molecule has 21 heavy (non-hydrogen) atoms. The number of para-hydroxylation sites is 1. The van der Waals surface area contributed by atoms with E-state index in [1.54, 1.807) is 37.3 Å². The molecular formula is C14H15N3O4. The number of rotatable bonds is 4. The molecule has 0 radical (unpaired) electrons. The lowest BCUT2D eigenvalue weighted by Gasteiger charge is -2.12. The Bertz CT molecular complexity index is 762. The molecule has 0 bridgehead atoms. The number of nitrogen functional groups attached to an aromatic ring is 1. The van der Waals surface area contributed by atoms with Crippen molar-refractivity contribution in [3.63, 3.8) is 0 Å². The average molecular weight is 289 g/mol. The lowest BCUT2D eigenvalue weighted by molar-refractivity contribution is -0.143.